The van der Waals surface area contributed by atoms with Crippen molar-refractivity contribution in [1.82, 2.24) is 4.98 Å². The topological polar surface area (TPSA) is 69.2 Å². The molecule has 106 valence electrons. The van der Waals surface area contributed by atoms with E-state index in [1.807, 2.05) is 36.4 Å². The average Bonchev–Trinajstić information content (AvgIpc) is 2.99. The van der Waals surface area contributed by atoms with Crippen molar-refractivity contribution in [2.75, 3.05) is 0 Å². The van der Waals surface area contributed by atoms with Gasteiger partial charge in [-0.25, -0.2) is 4.98 Å². The fraction of sp³-hybridized carbons (Fsp3) is 0. The van der Waals surface area contributed by atoms with Crippen LogP contribution in [0.2, 0.25) is 0 Å². The number of nitro benzene ring substituents is 1. The molecule has 0 saturated carbocycles. The van der Waals surface area contributed by atoms with Gasteiger partial charge in [-0.3, -0.25) is 10.1 Å². The highest BCUT2D eigenvalue weighted by Gasteiger charge is 2.12. The maximum Gasteiger partial charge on any atom is 0.269 e. The minimum atomic E-state index is -0.427. The predicted octanol–water partition coefficient (Wildman–Crippen LogP) is 4.56. The number of oxazole rings is 1. The van der Waals surface area contributed by atoms with Gasteiger partial charge in [0.05, 0.1) is 4.92 Å². The number of nitro groups is 1. The van der Waals surface area contributed by atoms with Gasteiger partial charge in [0, 0.05) is 23.1 Å². The van der Waals surface area contributed by atoms with E-state index in [4.69, 9.17) is 4.42 Å². The van der Waals surface area contributed by atoms with Gasteiger partial charge in [-0.2, -0.15) is 0 Å². The highest BCUT2D eigenvalue weighted by Crippen LogP contribution is 2.30. The molecule has 4 aromatic rings. The Morgan fingerprint density at radius 3 is 2.50 bits per heavy atom. The Balaban J connectivity index is 1.88. The van der Waals surface area contributed by atoms with E-state index in [1.54, 1.807) is 12.1 Å². The second-order valence-corrected chi connectivity index (χ2v) is 4.96. The molecule has 0 amide bonds. The van der Waals surface area contributed by atoms with Crippen LogP contribution < -0.4 is 0 Å². The molecule has 3 aromatic carbocycles. The Labute approximate surface area is 125 Å². The van der Waals surface area contributed by atoms with Crippen molar-refractivity contribution in [3.05, 3.63) is 70.8 Å². The van der Waals surface area contributed by atoms with E-state index in [1.165, 1.54) is 12.1 Å². The summed E-state index contributed by atoms with van der Waals surface area (Å²) in [5, 5.41) is 12.8. The van der Waals surface area contributed by atoms with Gasteiger partial charge in [0.25, 0.3) is 5.69 Å². The second-order valence-electron chi connectivity index (χ2n) is 4.96. The third-order valence-electron chi connectivity index (χ3n) is 3.61. The molecule has 0 saturated heterocycles. The van der Waals surface area contributed by atoms with Gasteiger partial charge in [0.1, 0.15) is 5.52 Å². The van der Waals surface area contributed by atoms with Gasteiger partial charge >= 0.3 is 0 Å². The number of nitrogens with zero attached hydrogens (tertiary/aromatic N) is 2. The fourth-order valence-electron chi connectivity index (χ4n) is 2.51. The standard InChI is InChI=1S/C17H10N2O3/c20-19(21)13-8-5-12(6-9-13)17-18-16-14-4-2-1-3-11(14)7-10-15(16)22-17/h1-10H. The summed E-state index contributed by atoms with van der Waals surface area (Å²) in [6, 6.07) is 18.0. The molecule has 0 aliphatic heterocycles. The molecule has 0 radical (unpaired) electrons. The number of aromatic nitrogens is 1. The summed E-state index contributed by atoms with van der Waals surface area (Å²) in [5.41, 5.74) is 2.26. The molecular weight excluding hydrogens is 280 g/mol. The van der Waals surface area contributed by atoms with Gasteiger partial charge in [-0.05, 0) is 23.6 Å². The largest absolute Gasteiger partial charge is 0.436 e. The van der Waals surface area contributed by atoms with Crippen molar-refractivity contribution in [1.29, 1.82) is 0 Å². The summed E-state index contributed by atoms with van der Waals surface area (Å²) in [4.78, 5) is 14.8. The molecule has 0 aliphatic rings. The van der Waals surface area contributed by atoms with Crippen molar-refractivity contribution in [3.8, 4) is 11.5 Å². The van der Waals surface area contributed by atoms with Crippen LogP contribution in [-0.4, -0.2) is 9.91 Å². The molecule has 0 spiro atoms. The van der Waals surface area contributed by atoms with Crippen molar-refractivity contribution >= 4 is 27.6 Å². The summed E-state index contributed by atoms with van der Waals surface area (Å²) in [6.07, 6.45) is 0. The molecule has 0 atom stereocenters. The molecule has 0 aliphatic carbocycles. The van der Waals surface area contributed by atoms with Crippen molar-refractivity contribution in [3.63, 3.8) is 0 Å². The van der Waals surface area contributed by atoms with E-state index < -0.39 is 4.92 Å². The first-order valence-corrected chi connectivity index (χ1v) is 6.75. The zero-order valence-electron chi connectivity index (χ0n) is 11.4. The highest BCUT2D eigenvalue weighted by atomic mass is 16.6. The minimum Gasteiger partial charge on any atom is -0.436 e. The van der Waals surface area contributed by atoms with E-state index in [0.29, 0.717) is 17.0 Å². The summed E-state index contributed by atoms with van der Waals surface area (Å²) in [7, 11) is 0. The maximum absolute atomic E-state index is 10.7. The number of fused-ring (bicyclic) bond motifs is 3. The number of hydrogen-bond acceptors (Lipinski definition) is 4. The molecule has 5 heteroatoms. The minimum absolute atomic E-state index is 0.0466. The number of benzene rings is 3. The van der Waals surface area contributed by atoms with Crippen LogP contribution in [-0.2, 0) is 0 Å². The number of rotatable bonds is 2. The molecule has 4 rings (SSSR count). The van der Waals surface area contributed by atoms with E-state index in [2.05, 4.69) is 4.98 Å². The number of non-ortho nitro benzene ring substituents is 1. The third kappa shape index (κ3) is 1.91. The summed E-state index contributed by atoms with van der Waals surface area (Å²) in [6.45, 7) is 0. The van der Waals surface area contributed by atoms with Gasteiger partial charge in [0.15, 0.2) is 5.58 Å². The molecule has 1 aromatic heterocycles. The first-order valence-electron chi connectivity index (χ1n) is 6.75. The lowest BCUT2D eigenvalue weighted by atomic mass is 10.1. The van der Waals surface area contributed by atoms with Crippen LogP contribution in [0.4, 0.5) is 5.69 Å². The molecule has 1 heterocycles. The fourth-order valence-corrected chi connectivity index (χ4v) is 2.51. The van der Waals surface area contributed by atoms with E-state index in [9.17, 15) is 10.1 Å². The molecular formula is C17H10N2O3. The van der Waals surface area contributed by atoms with Crippen LogP contribution in [0.5, 0.6) is 0 Å². The Morgan fingerprint density at radius 1 is 0.955 bits per heavy atom. The van der Waals surface area contributed by atoms with Crippen LogP contribution >= 0.6 is 0 Å². The lowest BCUT2D eigenvalue weighted by Crippen LogP contribution is -1.87. The molecule has 0 N–H and O–H groups in total. The Kier molecular flexibility index (Phi) is 2.66. The van der Waals surface area contributed by atoms with E-state index in [-0.39, 0.29) is 5.69 Å². The highest BCUT2D eigenvalue weighted by molar-refractivity contribution is 6.03. The molecule has 0 fully saturated rings. The summed E-state index contributed by atoms with van der Waals surface area (Å²) in [5.74, 6) is 0.459. The van der Waals surface area contributed by atoms with Crippen molar-refractivity contribution in [2.45, 2.75) is 0 Å². The Hall–Kier alpha value is -3.21. The lowest BCUT2D eigenvalue weighted by Gasteiger charge is -1.95. The monoisotopic (exact) mass is 290 g/mol. The zero-order chi connectivity index (χ0) is 15.1. The predicted molar refractivity (Wildman–Crippen MR) is 83.6 cm³/mol. The van der Waals surface area contributed by atoms with E-state index >= 15 is 0 Å². The maximum atomic E-state index is 10.7. The second kappa shape index (κ2) is 4.66. The van der Waals surface area contributed by atoms with Crippen LogP contribution in [0.25, 0.3) is 33.3 Å². The quantitative estimate of drug-likeness (QED) is 0.401. The smallest absolute Gasteiger partial charge is 0.269 e. The van der Waals surface area contributed by atoms with Gasteiger partial charge < -0.3 is 4.42 Å². The van der Waals surface area contributed by atoms with Gasteiger partial charge in [-0.15, -0.1) is 0 Å². The average molecular weight is 290 g/mol. The number of hydrogen-bond donors (Lipinski definition) is 0. The molecule has 22 heavy (non-hydrogen) atoms. The summed E-state index contributed by atoms with van der Waals surface area (Å²) < 4.78 is 5.78. The van der Waals surface area contributed by atoms with Crippen LogP contribution in [0.1, 0.15) is 0 Å². The van der Waals surface area contributed by atoms with Gasteiger partial charge in [0.2, 0.25) is 5.89 Å². The van der Waals surface area contributed by atoms with Gasteiger partial charge in [-0.1, -0.05) is 30.3 Å². The lowest BCUT2D eigenvalue weighted by molar-refractivity contribution is -0.384. The van der Waals surface area contributed by atoms with Crippen LogP contribution in [0.15, 0.2) is 65.1 Å². The van der Waals surface area contributed by atoms with Crippen LogP contribution in [0, 0.1) is 10.1 Å². The van der Waals surface area contributed by atoms with Crippen molar-refractivity contribution in [2.24, 2.45) is 0 Å². The van der Waals surface area contributed by atoms with Crippen LogP contribution in [0.3, 0.4) is 0 Å². The normalized spacial score (nSPS) is 11.1. The zero-order valence-corrected chi connectivity index (χ0v) is 11.4. The molecule has 0 bridgehead atoms. The van der Waals surface area contributed by atoms with E-state index in [0.717, 1.165) is 16.3 Å². The van der Waals surface area contributed by atoms with Crippen molar-refractivity contribution < 1.29 is 9.34 Å². The molecule has 0 unspecified atom stereocenters. The third-order valence-corrected chi connectivity index (χ3v) is 3.61. The Morgan fingerprint density at radius 2 is 1.73 bits per heavy atom. The first-order chi connectivity index (χ1) is 10.7. The SMILES string of the molecule is O=[N+]([O-])c1ccc(-c2nc3c(ccc4ccccc43)o2)cc1. The Bertz CT molecular complexity index is 1000. The molecule has 5 nitrogen and oxygen atoms in total. The summed E-state index contributed by atoms with van der Waals surface area (Å²) >= 11 is 0. The first kappa shape index (κ1) is 12.5.